The summed E-state index contributed by atoms with van der Waals surface area (Å²) >= 11 is 3.39. The number of fused-ring (bicyclic) bond motifs is 3. The van der Waals surface area contributed by atoms with Crippen molar-refractivity contribution in [2.45, 2.75) is 0 Å². The molecule has 2 aromatic carbocycles. The molecule has 0 atom stereocenters. The summed E-state index contributed by atoms with van der Waals surface area (Å²) in [6.07, 6.45) is 12.5. The SMILES string of the molecule is Cn1cc(C=O)c2c(=O)cc[nH]c21.Cn1cc(C=O)c2c(Br)ccnc21.Cn1cc(C=O)c2c(Oc3ccccc3)ccnc21.Oc1ccccc1. The lowest BCUT2D eigenvalue weighted by atomic mass is 10.2. The highest BCUT2D eigenvalue weighted by Crippen LogP contribution is 2.31. The van der Waals surface area contributed by atoms with Gasteiger partial charge in [0.05, 0.1) is 10.8 Å². The van der Waals surface area contributed by atoms with Gasteiger partial charge in [-0.2, -0.15) is 0 Å². The van der Waals surface area contributed by atoms with Crippen LogP contribution in [0.1, 0.15) is 31.1 Å². The van der Waals surface area contributed by atoms with Crippen molar-refractivity contribution in [1.29, 1.82) is 0 Å². The number of aromatic amines is 1. The Balaban J connectivity index is 0.000000141. The van der Waals surface area contributed by atoms with Crippen molar-refractivity contribution >= 4 is 67.9 Å². The molecule has 0 bridgehead atoms. The minimum atomic E-state index is -0.128. The van der Waals surface area contributed by atoms with Crippen molar-refractivity contribution in [2.24, 2.45) is 21.1 Å². The molecular formula is C39H33BrN6O6. The molecule has 0 aliphatic carbocycles. The van der Waals surface area contributed by atoms with E-state index >= 15 is 0 Å². The van der Waals surface area contributed by atoms with Crippen LogP contribution in [-0.2, 0) is 21.1 Å². The first-order valence-electron chi connectivity index (χ1n) is 15.7. The smallest absolute Gasteiger partial charge is 0.191 e. The number of pyridine rings is 3. The molecule has 52 heavy (non-hydrogen) atoms. The number of hydrogen-bond donors (Lipinski definition) is 2. The summed E-state index contributed by atoms with van der Waals surface area (Å²) in [5.41, 5.74) is 3.77. The molecule has 8 aromatic rings. The molecular weight excluding hydrogens is 728 g/mol. The second-order valence-electron chi connectivity index (χ2n) is 11.3. The number of halogens is 1. The number of aromatic nitrogens is 6. The summed E-state index contributed by atoms with van der Waals surface area (Å²) in [6, 6.07) is 23.2. The van der Waals surface area contributed by atoms with E-state index in [1.54, 1.807) is 79.1 Å². The van der Waals surface area contributed by atoms with Crippen LogP contribution in [0.2, 0.25) is 0 Å². The molecule has 0 radical (unpaired) electrons. The Morgan fingerprint density at radius 1 is 0.673 bits per heavy atom. The van der Waals surface area contributed by atoms with Crippen LogP contribution in [0.5, 0.6) is 17.2 Å². The third kappa shape index (κ3) is 8.22. The topological polar surface area (TPSA) is 154 Å². The van der Waals surface area contributed by atoms with E-state index in [4.69, 9.17) is 9.84 Å². The van der Waals surface area contributed by atoms with Gasteiger partial charge >= 0.3 is 0 Å². The normalized spacial score (nSPS) is 10.3. The van der Waals surface area contributed by atoms with Gasteiger partial charge in [-0.3, -0.25) is 19.2 Å². The average molecular weight is 762 g/mol. The molecule has 8 rings (SSSR count). The van der Waals surface area contributed by atoms with E-state index in [0.717, 1.165) is 44.9 Å². The summed E-state index contributed by atoms with van der Waals surface area (Å²) in [5.74, 6) is 1.69. The lowest BCUT2D eigenvalue weighted by Gasteiger charge is -2.07. The van der Waals surface area contributed by atoms with Crippen molar-refractivity contribution in [3.63, 3.8) is 0 Å². The fourth-order valence-corrected chi connectivity index (χ4v) is 5.89. The molecule has 262 valence electrons. The number of aromatic hydroxyl groups is 1. The van der Waals surface area contributed by atoms with Gasteiger partial charge in [-0.25, -0.2) is 9.97 Å². The maximum atomic E-state index is 11.4. The van der Waals surface area contributed by atoms with Crippen molar-refractivity contribution in [3.8, 4) is 17.2 Å². The highest BCUT2D eigenvalue weighted by molar-refractivity contribution is 9.10. The summed E-state index contributed by atoms with van der Waals surface area (Å²) in [6.45, 7) is 0. The lowest BCUT2D eigenvalue weighted by molar-refractivity contribution is 0.111. The number of carbonyl (C=O) groups excluding carboxylic acids is 3. The predicted octanol–water partition coefficient (Wildman–Crippen LogP) is 7.40. The number of phenolic OH excluding ortho intramolecular Hbond substituents is 1. The minimum Gasteiger partial charge on any atom is -0.508 e. The molecule has 0 unspecified atom stereocenters. The largest absolute Gasteiger partial charge is 0.508 e. The monoisotopic (exact) mass is 760 g/mol. The van der Waals surface area contributed by atoms with Gasteiger partial charge in [-0.05, 0) is 52.3 Å². The fraction of sp³-hybridized carbons (Fsp3) is 0.0769. The molecule has 0 fully saturated rings. The van der Waals surface area contributed by atoms with E-state index < -0.39 is 0 Å². The van der Waals surface area contributed by atoms with Gasteiger partial charge < -0.3 is 28.5 Å². The Bertz CT molecular complexity index is 2540. The zero-order valence-corrected chi connectivity index (χ0v) is 29.9. The number of H-pyrrole nitrogens is 1. The summed E-state index contributed by atoms with van der Waals surface area (Å²) < 4.78 is 12.1. The van der Waals surface area contributed by atoms with Gasteiger partial charge in [-0.15, -0.1) is 0 Å². The molecule has 0 amide bonds. The molecule has 13 heteroatoms. The average Bonchev–Trinajstić information content (AvgIpc) is 3.81. The third-order valence-corrected chi connectivity index (χ3v) is 8.36. The molecule has 6 aromatic heterocycles. The minimum absolute atomic E-state index is 0.128. The highest BCUT2D eigenvalue weighted by atomic mass is 79.9. The van der Waals surface area contributed by atoms with E-state index in [-0.39, 0.29) is 5.43 Å². The van der Waals surface area contributed by atoms with E-state index in [1.807, 2.05) is 65.7 Å². The number of aldehydes is 3. The third-order valence-electron chi connectivity index (χ3n) is 7.70. The van der Waals surface area contributed by atoms with Crippen molar-refractivity contribution in [1.82, 2.24) is 28.7 Å². The van der Waals surface area contributed by atoms with E-state index in [2.05, 4.69) is 30.9 Å². The fourth-order valence-electron chi connectivity index (χ4n) is 5.36. The first kappa shape index (κ1) is 36.7. The van der Waals surface area contributed by atoms with Crippen LogP contribution in [-0.4, -0.2) is 52.6 Å². The van der Waals surface area contributed by atoms with Gasteiger partial charge in [0.25, 0.3) is 0 Å². The Labute approximate surface area is 305 Å². The highest BCUT2D eigenvalue weighted by Gasteiger charge is 2.13. The number of carbonyl (C=O) groups is 3. The zero-order chi connectivity index (χ0) is 37.2. The van der Waals surface area contributed by atoms with Gasteiger partial charge in [0, 0.05) is 90.9 Å². The van der Waals surface area contributed by atoms with E-state index in [1.165, 1.54) is 6.07 Å². The van der Waals surface area contributed by atoms with Crippen LogP contribution in [0.3, 0.4) is 0 Å². The maximum absolute atomic E-state index is 11.4. The second kappa shape index (κ2) is 16.9. The Hall–Kier alpha value is -6.60. The number of ether oxygens (including phenoxy) is 1. The second-order valence-corrected chi connectivity index (χ2v) is 12.1. The maximum Gasteiger partial charge on any atom is 0.191 e. The van der Waals surface area contributed by atoms with Crippen molar-refractivity contribution in [2.75, 3.05) is 0 Å². The van der Waals surface area contributed by atoms with Gasteiger partial charge in [0.1, 0.15) is 34.2 Å². The first-order valence-corrected chi connectivity index (χ1v) is 16.5. The number of para-hydroxylation sites is 2. The van der Waals surface area contributed by atoms with Crippen LogP contribution >= 0.6 is 15.9 Å². The summed E-state index contributed by atoms with van der Waals surface area (Å²) in [5, 5.41) is 10.7. The van der Waals surface area contributed by atoms with Gasteiger partial charge in [0.2, 0.25) is 0 Å². The number of nitrogens with zero attached hydrogens (tertiary/aromatic N) is 5. The quantitative estimate of drug-likeness (QED) is 0.172. The molecule has 0 aliphatic rings. The lowest BCUT2D eigenvalue weighted by Crippen LogP contribution is -2.01. The van der Waals surface area contributed by atoms with Crippen LogP contribution in [0.4, 0.5) is 0 Å². The Morgan fingerprint density at radius 2 is 1.19 bits per heavy atom. The first-order chi connectivity index (χ1) is 25.2. The van der Waals surface area contributed by atoms with Gasteiger partial charge in [0.15, 0.2) is 24.3 Å². The summed E-state index contributed by atoms with van der Waals surface area (Å²) in [4.78, 5) is 55.2. The van der Waals surface area contributed by atoms with Crippen molar-refractivity contribution < 1.29 is 24.2 Å². The number of nitrogens with one attached hydrogen (secondary N) is 1. The number of rotatable bonds is 5. The predicted molar refractivity (Wildman–Crippen MR) is 203 cm³/mol. The van der Waals surface area contributed by atoms with Crippen LogP contribution in [0, 0.1) is 0 Å². The molecule has 0 spiro atoms. The molecule has 2 N–H and O–H groups in total. The number of phenols is 1. The Morgan fingerprint density at radius 3 is 1.77 bits per heavy atom. The number of aryl methyl sites for hydroxylation is 3. The standard InChI is InChI=1S/C15H12N2O2.C9H7BrN2O.C9H8N2O2.C6H6O/c1-17-9-11(10-18)14-13(7-8-16-15(14)17)19-12-5-3-2-4-6-12;1-12-4-6(5-13)8-7(10)2-3-11-9(8)12;1-11-4-6(5-12)8-7(13)2-3-10-9(8)11;7-6-4-2-1-3-5-6/h2-10H,1H3;2-5H,1H3;2-5H,1H3,(H,10,13);1-5,7H. The van der Waals surface area contributed by atoms with Gasteiger partial charge in [-0.1, -0.05) is 36.4 Å². The molecule has 12 nitrogen and oxygen atoms in total. The molecule has 0 saturated carbocycles. The summed E-state index contributed by atoms with van der Waals surface area (Å²) in [7, 11) is 5.51. The molecule has 0 saturated heterocycles. The number of hydrogen-bond acceptors (Lipinski definition) is 8. The van der Waals surface area contributed by atoms with Crippen LogP contribution < -0.4 is 10.2 Å². The van der Waals surface area contributed by atoms with Crippen LogP contribution in [0.25, 0.3) is 33.1 Å². The molecule has 6 heterocycles. The Kier molecular flexibility index (Phi) is 11.9. The van der Waals surface area contributed by atoms with Crippen LogP contribution in [0.15, 0.2) is 125 Å². The number of benzene rings is 2. The van der Waals surface area contributed by atoms with E-state index in [0.29, 0.717) is 45.5 Å². The molecule has 0 aliphatic heterocycles. The van der Waals surface area contributed by atoms with E-state index in [9.17, 15) is 19.2 Å². The zero-order valence-electron chi connectivity index (χ0n) is 28.3. The van der Waals surface area contributed by atoms with Crippen molar-refractivity contribution in [3.05, 3.63) is 147 Å².